The van der Waals surface area contributed by atoms with E-state index in [0.29, 0.717) is 77.9 Å². The highest BCUT2D eigenvalue weighted by atomic mass is 35.5. The molecule has 0 N–H and O–H groups in total. The van der Waals surface area contributed by atoms with E-state index in [2.05, 4.69) is 11.1 Å². The lowest BCUT2D eigenvalue weighted by Gasteiger charge is -2.29. The number of hydrogen-bond acceptors (Lipinski definition) is 11. The molecule has 0 fully saturated rings. The van der Waals surface area contributed by atoms with Gasteiger partial charge in [-0.15, -0.1) is 12.4 Å². The average Bonchev–Trinajstić information content (AvgIpc) is 3.21. The third-order valence-corrected chi connectivity index (χ3v) is 9.41. The molecule has 3 heterocycles. The molecule has 0 unspecified atom stereocenters. The van der Waals surface area contributed by atoms with E-state index in [0.717, 1.165) is 50.6 Å². The lowest BCUT2D eigenvalue weighted by molar-refractivity contribution is 0.158. The second-order valence-electron chi connectivity index (χ2n) is 13.7. The molecular weight excluding hydrogens is 774 g/mol. The fourth-order valence-corrected chi connectivity index (χ4v) is 6.87. The minimum Gasteiger partial charge on any atom is -0.497 e. The summed E-state index contributed by atoms with van der Waals surface area (Å²) in [7, 11) is 4.68. The van der Waals surface area contributed by atoms with Crippen LogP contribution in [0.4, 0.5) is 0 Å². The Kier molecular flexibility index (Phi) is 14.6. The first kappa shape index (κ1) is 44.0. The van der Waals surface area contributed by atoms with E-state index < -0.39 is 11.2 Å². The molecule has 0 atom stereocenters. The predicted molar refractivity (Wildman–Crippen MR) is 234 cm³/mol. The summed E-state index contributed by atoms with van der Waals surface area (Å²) in [6.45, 7) is 14.2. The first-order valence-corrected chi connectivity index (χ1v) is 19.4. The summed E-state index contributed by atoms with van der Waals surface area (Å²) in [6, 6.07) is 21.0. The van der Waals surface area contributed by atoms with Gasteiger partial charge < -0.3 is 42.3 Å². The van der Waals surface area contributed by atoms with Crippen LogP contribution in [-0.4, -0.2) is 58.3 Å². The number of hydrogen-bond donors (Lipinski definition) is 0. The summed E-state index contributed by atoms with van der Waals surface area (Å²) in [5.74, 6) is 5.23. The van der Waals surface area contributed by atoms with E-state index >= 15 is 0 Å². The van der Waals surface area contributed by atoms with Crippen LogP contribution >= 0.6 is 12.4 Å². The van der Waals surface area contributed by atoms with Gasteiger partial charge in [0.2, 0.25) is 0 Å². The van der Waals surface area contributed by atoms with Crippen LogP contribution in [0.25, 0.3) is 38.9 Å². The van der Waals surface area contributed by atoms with E-state index in [9.17, 15) is 4.79 Å². The zero-order valence-corrected chi connectivity index (χ0v) is 35.9. The third-order valence-electron chi connectivity index (χ3n) is 9.41. The number of aromatic nitrogens is 1. The molecule has 0 spiro atoms. The van der Waals surface area contributed by atoms with Crippen LogP contribution < -0.4 is 43.5 Å². The number of pyridine rings is 1. The van der Waals surface area contributed by atoms with Crippen LogP contribution in [0.15, 0.2) is 88.2 Å². The third kappa shape index (κ3) is 9.63. The number of nitrogens with zero attached hydrogens (tertiary/aromatic N) is 1. The SMILES string of the molecule is CCOc1ccc(Cc2nccc3cc(OCC)c(OCC)cc23)cc1OCC.COc1ccc(-c2c(OC)c3c(OC)c4c(cc3oc2=O)OC(C)(C)C=C4)cc1.Cl. The second-order valence-corrected chi connectivity index (χ2v) is 13.7. The molecular formula is C47H52ClNO10. The van der Waals surface area contributed by atoms with Crippen molar-refractivity contribution in [3.63, 3.8) is 0 Å². The summed E-state index contributed by atoms with van der Waals surface area (Å²) >= 11 is 0. The molecule has 0 saturated heterocycles. The zero-order chi connectivity index (χ0) is 41.4. The molecule has 1 aliphatic heterocycles. The van der Waals surface area contributed by atoms with Gasteiger partial charge in [-0.1, -0.05) is 18.2 Å². The highest BCUT2D eigenvalue weighted by Gasteiger charge is 2.29. The molecule has 2 aromatic heterocycles. The highest BCUT2D eigenvalue weighted by Crippen LogP contribution is 2.47. The summed E-state index contributed by atoms with van der Waals surface area (Å²) in [6.07, 6.45) is 6.43. The minimum atomic E-state index is -0.507. The van der Waals surface area contributed by atoms with Crippen LogP contribution in [0.1, 0.15) is 58.4 Å². The Morgan fingerprint density at radius 1 is 0.695 bits per heavy atom. The number of ether oxygens (including phenoxy) is 8. The molecule has 312 valence electrons. The smallest absolute Gasteiger partial charge is 0.347 e. The van der Waals surface area contributed by atoms with Crippen LogP contribution in [0.2, 0.25) is 0 Å². The summed E-state index contributed by atoms with van der Waals surface area (Å²) < 4.78 is 51.3. The Morgan fingerprint density at radius 3 is 1.95 bits per heavy atom. The Bertz CT molecular complexity index is 2480. The second kappa shape index (κ2) is 19.6. The summed E-state index contributed by atoms with van der Waals surface area (Å²) in [5.41, 5.74) is 3.21. The van der Waals surface area contributed by atoms with Crippen molar-refractivity contribution in [2.45, 2.75) is 53.6 Å². The predicted octanol–water partition coefficient (Wildman–Crippen LogP) is 10.5. The van der Waals surface area contributed by atoms with Crippen LogP contribution in [0.3, 0.4) is 0 Å². The van der Waals surface area contributed by atoms with Crippen molar-refractivity contribution in [1.29, 1.82) is 0 Å². The van der Waals surface area contributed by atoms with Gasteiger partial charge >= 0.3 is 5.63 Å². The Balaban J connectivity index is 0.000000220. The molecule has 4 aromatic carbocycles. The molecule has 1 aliphatic rings. The van der Waals surface area contributed by atoms with Crippen molar-refractivity contribution >= 4 is 40.2 Å². The van der Waals surface area contributed by atoms with Crippen LogP contribution in [-0.2, 0) is 6.42 Å². The van der Waals surface area contributed by atoms with Crippen molar-refractivity contribution in [1.82, 2.24) is 4.98 Å². The van der Waals surface area contributed by atoms with Crippen LogP contribution in [0.5, 0.6) is 46.0 Å². The Labute approximate surface area is 351 Å². The van der Waals surface area contributed by atoms with Gasteiger partial charge in [0.25, 0.3) is 0 Å². The fourth-order valence-electron chi connectivity index (χ4n) is 6.87. The number of halogens is 1. The first-order valence-electron chi connectivity index (χ1n) is 19.4. The van der Waals surface area contributed by atoms with Gasteiger partial charge in [-0.2, -0.15) is 0 Å². The van der Waals surface area contributed by atoms with Crippen molar-refractivity contribution in [2.24, 2.45) is 0 Å². The minimum absolute atomic E-state index is 0. The molecule has 11 nitrogen and oxygen atoms in total. The van der Waals surface area contributed by atoms with Crippen molar-refractivity contribution < 1.29 is 42.3 Å². The topological polar surface area (TPSA) is 117 Å². The molecule has 59 heavy (non-hydrogen) atoms. The number of methoxy groups -OCH3 is 3. The Morgan fingerprint density at radius 2 is 1.32 bits per heavy atom. The van der Waals surface area contributed by atoms with Crippen molar-refractivity contribution in [3.05, 3.63) is 106 Å². The van der Waals surface area contributed by atoms with E-state index in [4.69, 9.17) is 42.3 Å². The molecule has 12 heteroatoms. The molecule has 0 aliphatic carbocycles. The molecule has 0 radical (unpaired) electrons. The van der Waals surface area contributed by atoms with E-state index in [1.165, 1.54) is 7.11 Å². The molecule has 6 aromatic rings. The lowest BCUT2D eigenvalue weighted by atomic mass is 9.98. The highest BCUT2D eigenvalue weighted by molar-refractivity contribution is 5.99. The van der Waals surface area contributed by atoms with Gasteiger partial charge in [0, 0.05) is 24.1 Å². The maximum absolute atomic E-state index is 12.9. The average molecular weight is 826 g/mol. The van der Waals surface area contributed by atoms with E-state index in [1.54, 1.807) is 44.6 Å². The quantitative estimate of drug-likeness (QED) is 0.0977. The van der Waals surface area contributed by atoms with E-state index in [1.807, 2.05) is 90.2 Å². The van der Waals surface area contributed by atoms with Crippen LogP contribution in [0, 0.1) is 0 Å². The normalized spacial score (nSPS) is 12.3. The van der Waals surface area contributed by atoms with Gasteiger partial charge in [-0.05, 0) is 113 Å². The number of rotatable bonds is 14. The van der Waals surface area contributed by atoms with Gasteiger partial charge in [0.1, 0.15) is 45.1 Å². The zero-order valence-electron chi connectivity index (χ0n) is 35.1. The van der Waals surface area contributed by atoms with Crippen molar-refractivity contribution in [3.8, 4) is 57.1 Å². The number of benzene rings is 4. The molecule has 0 bridgehead atoms. The maximum atomic E-state index is 12.9. The standard InChI is InChI=1S/C24H29NO4.C23H22O6.ClH/c1-5-26-21-10-9-17(14-22(21)27-6-2)13-20-19-16-24(29-8-4)23(28-7-3)15-18(19)11-12-25-20;1-23(2)11-10-15-16(29-23)12-17-19(20(15)26-4)21(27-5)18(22(24)28-17)13-6-8-14(25-3)9-7-13;/h9-12,14-16H,5-8,13H2,1-4H3;6-12H,1-5H3;1H. The summed E-state index contributed by atoms with van der Waals surface area (Å²) in [5, 5.41) is 2.72. The first-order chi connectivity index (χ1) is 28.1. The van der Waals surface area contributed by atoms with Gasteiger partial charge in [-0.25, -0.2) is 4.79 Å². The maximum Gasteiger partial charge on any atom is 0.347 e. The molecule has 0 amide bonds. The molecule has 7 rings (SSSR count). The van der Waals surface area contributed by atoms with Gasteiger partial charge in [-0.3, -0.25) is 4.98 Å². The largest absolute Gasteiger partial charge is 0.497 e. The van der Waals surface area contributed by atoms with Gasteiger partial charge in [0.15, 0.2) is 23.0 Å². The van der Waals surface area contributed by atoms with Gasteiger partial charge in [0.05, 0.1) is 59.0 Å². The monoisotopic (exact) mass is 825 g/mol. The summed E-state index contributed by atoms with van der Waals surface area (Å²) in [4.78, 5) is 17.5. The Hall–Kier alpha value is -6.07. The lowest BCUT2D eigenvalue weighted by Crippen LogP contribution is -2.27. The molecule has 0 saturated carbocycles. The van der Waals surface area contributed by atoms with E-state index in [-0.39, 0.29) is 12.4 Å². The number of fused-ring (bicyclic) bond motifs is 3. The fraction of sp³-hybridized carbons (Fsp3) is 0.319. The van der Waals surface area contributed by atoms with Crippen molar-refractivity contribution in [2.75, 3.05) is 47.8 Å².